The molecule has 0 aliphatic carbocycles. The fraction of sp³-hybridized carbons (Fsp3) is 0.300. The minimum absolute atomic E-state index is 0.232. The van der Waals surface area contributed by atoms with Crippen molar-refractivity contribution in [2.75, 3.05) is 18.1 Å². The van der Waals surface area contributed by atoms with Crippen LogP contribution in [0.3, 0.4) is 0 Å². The van der Waals surface area contributed by atoms with Crippen molar-refractivity contribution >= 4 is 5.69 Å². The molecule has 2 heterocycles. The molecule has 0 N–H and O–H groups in total. The highest BCUT2D eigenvalue weighted by Crippen LogP contribution is 2.31. The molecule has 0 spiro atoms. The van der Waals surface area contributed by atoms with Crippen LogP contribution in [0.4, 0.5) is 10.1 Å². The summed E-state index contributed by atoms with van der Waals surface area (Å²) in [5.74, 6) is -0.239. The molecule has 1 aliphatic rings. The molecule has 2 aromatic carbocycles. The van der Waals surface area contributed by atoms with Gasteiger partial charge in [-0.25, -0.2) is 9.07 Å². The summed E-state index contributed by atoms with van der Waals surface area (Å²) in [6, 6.07) is 15.0. The van der Waals surface area contributed by atoms with Gasteiger partial charge in [0.25, 0.3) is 0 Å². The van der Waals surface area contributed by atoms with Gasteiger partial charge in [-0.3, -0.25) is 0 Å². The third kappa shape index (κ3) is 3.46. The molecular formula is C20H21FN4O. The number of anilines is 1. The zero-order chi connectivity index (χ0) is 17.9. The molecule has 0 saturated carbocycles. The Morgan fingerprint density at radius 2 is 1.81 bits per heavy atom. The van der Waals surface area contributed by atoms with Crippen LogP contribution in [0.2, 0.25) is 0 Å². The van der Waals surface area contributed by atoms with E-state index in [1.54, 1.807) is 16.8 Å². The molecule has 5 nitrogen and oxygen atoms in total. The van der Waals surface area contributed by atoms with Crippen LogP contribution in [0.5, 0.6) is 0 Å². The maximum atomic E-state index is 13.0. The summed E-state index contributed by atoms with van der Waals surface area (Å²) in [6.07, 6.45) is 2.69. The minimum atomic E-state index is -0.239. The molecule has 0 bridgehead atoms. The van der Waals surface area contributed by atoms with Crippen molar-refractivity contribution in [3.8, 4) is 0 Å². The van der Waals surface area contributed by atoms with Crippen LogP contribution in [0.15, 0.2) is 54.7 Å². The van der Waals surface area contributed by atoms with Gasteiger partial charge in [0.05, 0.1) is 19.3 Å². The Morgan fingerprint density at radius 1 is 1.08 bits per heavy atom. The molecule has 1 saturated heterocycles. The Morgan fingerprint density at radius 3 is 2.54 bits per heavy atom. The van der Waals surface area contributed by atoms with Crippen LogP contribution in [0.1, 0.15) is 30.0 Å². The van der Waals surface area contributed by atoms with Gasteiger partial charge in [-0.05, 0) is 41.8 Å². The molecule has 0 radical (unpaired) electrons. The maximum Gasteiger partial charge on any atom is 0.177 e. The lowest BCUT2D eigenvalue weighted by atomic mass is 10.1. The molecular weight excluding hydrogens is 331 g/mol. The largest absolute Gasteiger partial charge is 0.350 e. The molecule has 1 fully saturated rings. The van der Waals surface area contributed by atoms with Crippen molar-refractivity contribution in [3.63, 3.8) is 0 Å². The Kier molecular flexibility index (Phi) is 4.67. The number of hydrogen-bond acceptors (Lipinski definition) is 4. The van der Waals surface area contributed by atoms with E-state index in [1.807, 2.05) is 6.20 Å². The molecule has 0 amide bonds. The molecule has 4 rings (SSSR count). The van der Waals surface area contributed by atoms with Gasteiger partial charge in [0.2, 0.25) is 0 Å². The summed E-state index contributed by atoms with van der Waals surface area (Å²) in [6.45, 7) is 4.17. The number of halogens is 1. The first-order valence-corrected chi connectivity index (χ1v) is 8.84. The predicted molar refractivity (Wildman–Crippen MR) is 97.4 cm³/mol. The molecule has 1 atom stereocenters. The zero-order valence-electron chi connectivity index (χ0n) is 14.7. The Balaban J connectivity index is 1.51. The van der Waals surface area contributed by atoms with Crippen molar-refractivity contribution in [2.45, 2.75) is 26.1 Å². The van der Waals surface area contributed by atoms with Crippen molar-refractivity contribution < 1.29 is 9.13 Å². The Bertz CT molecular complexity index is 860. The van der Waals surface area contributed by atoms with E-state index in [9.17, 15) is 4.39 Å². The summed E-state index contributed by atoms with van der Waals surface area (Å²) in [4.78, 5) is 2.20. The van der Waals surface area contributed by atoms with Gasteiger partial charge >= 0.3 is 0 Å². The number of rotatable bonds is 5. The second kappa shape index (κ2) is 7.25. The van der Waals surface area contributed by atoms with E-state index in [2.05, 4.69) is 46.4 Å². The van der Waals surface area contributed by atoms with Gasteiger partial charge in [-0.2, -0.15) is 0 Å². The maximum absolute atomic E-state index is 13.0. The van der Waals surface area contributed by atoms with E-state index >= 15 is 0 Å². The number of hydrogen-bond donors (Lipinski definition) is 0. The van der Waals surface area contributed by atoms with Crippen molar-refractivity contribution in [1.82, 2.24) is 15.0 Å². The third-order valence-electron chi connectivity index (χ3n) is 4.63. The standard InChI is InChI=1S/C20H21FN4O/c1-2-15-5-9-18(10-6-15)25-11-12-26-20(25)19-14-24(23-22-19)13-16-3-7-17(21)8-4-16/h3-10,14,20H,2,11-13H2,1H3/t20-/m0/s1. The molecule has 1 aliphatic heterocycles. The Labute approximate surface area is 152 Å². The minimum Gasteiger partial charge on any atom is -0.350 e. The SMILES string of the molecule is CCc1ccc(N2CCO[C@H]2c2cn(Cc3ccc(F)cc3)nn2)cc1. The summed E-state index contributed by atoms with van der Waals surface area (Å²) >= 11 is 0. The van der Waals surface area contributed by atoms with Gasteiger partial charge in [0.1, 0.15) is 11.5 Å². The number of aryl methyl sites for hydroxylation is 1. The summed E-state index contributed by atoms with van der Waals surface area (Å²) in [5, 5.41) is 8.49. The van der Waals surface area contributed by atoms with Gasteiger partial charge in [-0.15, -0.1) is 5.10 Å². The van der Waals surface area contributed by atoms with Gasteiger partial charge < -0.3 is 9.64 Å². The first kappa shape index (κ1) is 16.7. The summed E-state index contributed by atoms with van der Waals surface area (Å²) in [5.41, 5.74) is 4.19. The molecule has 26 heavy (non-hydrogen) atoms. The monoisotopic (exact) mass is 352 g/mol. The third-order valence-corrected chi connectivity index (χ3v) is 4.63. The van der Waals surface area contributed by atoms with E-state index in [0.717, 1.165) is 29.9 Å². The number of aromatic nitrogens is 3. The first-order chi connectivity index (χ1) is 12.7. The van der Waals surface area contributed by atoms with Crippen LogP contribution in [-0.4, -0.2) is 28.1 Å². The van der Waals surface area contributed by atoms with Crippen LogP contribution in [0, 0.1) is 5.82 Å². The van der Waals surface area contributed by atoms with Gasteiger partial charge in [0.15, 0.2) is 6.23 Å². The smallest absolute Gasteiger partial charge is 0.177 e. The summed E-state index contributed by atoms with van der Waals surface area (Å²) in [7, 11) is 0. The molecule has 6 heteroatoms. The second-order valence-corrected chi connectivity index (χ2v) is 6.40. The second-order valence-electron chi connectivity index (χ2n) is 6.40. The highest BCUT2D eigenvalue weighted by atomic mass is 19.1. The lowest BCUT2D eigenvalue weighted by Crippen LogP contribution is -2.23. The van der Waals surface area contributed by atoms with Crippen molar-refractivity contribution in [2.24, 2.45) is 0 Å². The average molecular weight is 352 g/mol. The van der Waals surface area contributed by atoms with Crippen LogP contribution in [0.25, 0.3) is 0 Å². The van der Waals surface area contributed by atoms with Crippen LogP contribution < -0.4 is 4.90 Å². The van der Waals surface area contributed by atoms with E-state index < -0.39 is 0 Å². The average Bonchev–Trinajstić information content (AvgIpc) is 3.33. The van der Waals surface area contributed by atoms with Crippen molar-refractivity contribution in [3.05, 3.63) is 77.4 Å². The number of benzene rings is 2. The van der Waals surface area contributed by atoms with Gasteiger partial charge in [0, 0.05) is 12.2 Å². The Hall–Kier alpha value is -2.73. The molecule has 1 aromatic heterocycles. The lowest BCUT2D eigenvalue weighted by molar-refractivity contribution is 0.110. The van der Waals surface area contributed by atoms with Gasteiger partial charge in [-0.1, -0.05) is 36.4 Å². The topological polar surface area (TPSA) is 43.2 Å². The fourth-order valence-corrected chi connectivity index (χ4v) is 3.18. The predicted octanol–water partition coefficient (Wildman–Crippen LogP) is 3.56. The van der Waals surface area contributed by atoms with E-state index in [0.29, 0.717) is 13.2 Å². The van der Waals surface area contributed by atoms with E-state index in [1.165, 1.54) is 17.7 Å². The van der Waals surface area contributed by atoms with Crippen LogP contribution >= 0.6 is 0 Å². The normalized spacial score (nSPS) is 17.0. The lowest BCUT2D eigenvalue weighted by Gasteiger charge is -2.23. The van der Waals surface area contributed by atoms with E-state index in [4.69, 9.17) is 4.74 Å². The molecule has 134 valence electrons. The fourth-order valence-electron chi connectivity index (χ4n) is 3.18. The molecule has 0 unspecified atom stereocenters. The highest BCUT2D eigenvalue weighted by Gasteiger charge is 2.29. The number of nitrogens with zero attached hydrogens (tertiary/aromatic N) is 4. The van der Waals surface area contributed by atoms with E-state index in [-0.39, 0.29) is 12.0 Å². The quantitative estimate of drug-likeness (QED) is 0.704. The molecule has 3 aromatic rings. The highest BCUT2D eigenvalue weighted by molar-refractivity contribution is 5.49. The van der Waals surface area contributed by atoms with Crippen LogP contribution in [-0.2, 0) is 17.7 Å². The first-order valence-electron chi connectivity index (χ1n) is 8.84. The van der Waals surface area contributed by atoms with Crippen molar-refractivity contribution in [1.29, 1.82) is 0 Å². The summed E-state index contributed by atoms with van der Waals surface area (Å²) < 4.78 is 20.7. The zero-order valence-corrected chi connectivity index (χ0v) is 14.7. The number of ether oxygens (including phenoxy) is 1.